The molecule has 0 saturated carbocycles. The molecule has 1 atom stereocenters. The van der Waals surface area contributed by atoms with E-state index in [0.717, 1.165) is 25.1 Å². The molecule has 1 N–H and O–H groups in total. The zero-order chi connectivity index (χ0) is 12.1. The molecule has 0 unspecified atom stereocenters. The molecule has 1 aromatic heterocycles. The minimum atomic E-state index is -0.214. The number of pyridine rings is 1. The number of aromatic nitrogens is 1. The molecule has 1 aliphatic heterocycles. The lowest BCUT2D eigenvalue weighted by molar-refractivity contribution is -0.116. The maximum atomic E-state index is 11.6. The average Bonchev–Trinajstić information content (AvgIpc) is 2.73. The Bertz CT molecular complexity index is 456. The van der Waals surface area contributed by atoms with Gasteiger partial charge in [-0.15, -0.1) is 0 Å². The number of carbonyl (C=O) groups is 1. The maximum absolute atomic E-state index is 11.6. The van der Waals surface area contributed by atoms with Gasteiger partial charge in [-0.1, -0.05) is 5.92 Å². The van der Waals surface area contributed by atoms with Crippen LogP contribution in [0.15, 0.2) is 24.5 Å². The molecular weight excluding hydrogens is 214 g/mol. The third-order valence-electron chi connectivity index (χ3n) is 2.71. The Hall–Kier alpha value is -1.86. The van der Waals surface area contributed by atoms with E-state index in [1.54, 1.807) is 18.5 Å². The summed E-state index contributed by atoms with van der Waals surface area (Å²) in [5, 5.41) is 2.90. The number of nitrogens with one attached hydrogen (secondary N) is 1. The van der Waals surface area contributed by atoms with Crippen LogP contribution in [0.3, 0.4) is 0 Å². The summed E-state index contributed by atoms with van der Waals surface area (Å²) in [7, 11) is 2.05. The smallest absolute Gasteiger partial charge is 0.296 e. The predicted octanol–water partition coefficient (Wildman–Crippen LogP) is 0.745. The highest BCUT2D eigenvalue weighted by molar-refractivity contribution is 5.94. The largest absolute Gasteiger partial charge is 0.341 e. The van der Waals surface area contributed by atoms with Crippen molar-refractivity contribution in [1.82, 2.24) is 15.2 Å². The van der Waals surface area contributed by atoms with Crippen molar-refractivity contribution >= 4 is 5.91 Å². The van der Waals surface area contributed by atoms with Crippen molar-refractivity contribution in [2.24, 2.45) is 0 Å². The van der Waals surface area contributed by atoms with E-state index in [9.17, 15) is 4.79 Å². The Kier molecular flexibility index (Phi) is 3.73. The monoisotopic (exact) mass is 233 g/mol. The van der Waals surface area contributed by atoms with Gasteiger partial charge < -0.3 is 10.2 Å². The Labute approximate surface area is 104 Å². The first kappa shape index (κ1) is 11.6. The molecule has 4 nitrogen and oxygen atoms in total. The van der Waals surface area contributed by atoms with Crippen LogP contribution in [0.2, 0.25) is 0 Å². The van der Waals surface area contributed by atoms with Gasteiger partial charge in [0.05, 0.1) is 0 Å². The number of likely N-dealkylation sites (N-methyl/N-ethyl adjacent to an activating group) is 1. The van der Waals surface area contributed by atoms with Crippen molar-refractivity contribution in [3.8, 4) is 11.8 Å². The highest BCUT2D eigenvalue weighted by Gasteiger charge is 2.19. The Morgan fingerprint density at radius 3 is 3.24 bits per heavy atom. The van der Waals surface area contributed by atoms with Gasteiger partial charge in [-0.2, -0.15) is 0 Å². The molecule has 0 bridgehead atoms. The van der Waals surface area contributed by atoms with Crippen LogP contribution in [0, 0.1) is 11.8 Å². The topological polar surface area (TPSA) is 45.2 Å². The fourth-order valence-corrected chi connectivity index (χ4v) is 1.84. The van der Waals surface area contributed by atoms with Crippen LogP contribution in [-0.2, 0) is 4.79 Å². The third-order valence-corrected chi connectivity index (χ3v) is 2.71. The molecule has 0 aliphatic carbocycles. The summed E-state index contributed by atoms with van der Waals surface area (Å²) in [6, 6.07) is 3.86. The summed E-state index contributed by atoms with van der Waals surface area (Å²) in [6.45, 7) is 1.93. The molecule has 0 radical (unpaired) electrons. The lowest BCUT2D eigenvalue weighted by atomic mass is 10.2. The lowest BCUT2D eigenvalue weighted by Crippen LogP contribution is -2.35. The summed E-state index contributed by atoms with van der Waals surface area (Å²) in [6.07, 6.45) is 4.32. The van der Waals surface area contributed by atoms with Crippen molar-refractivity contribution in [3.05, 3.63) is 30.1 Å². The van der Waals surface area contributed by atoms with Crippen LogP contribution in [-0.4, -0.2) is 42.0 Å². The van der Waals surface area contributed by atoms with Crippen LogP contribution in [0.1, 0.15) is 14.8 Å². The van der Waals surface area contributed by atoms with E-state index in [4.69, 9.17) is 0 Å². The summed E-state index contributed by atoms with van der Waals surface area (Å²) >= 11 is 0. The van der Waals surface area contributed by atoms with Crippen molar-refractivity contribution in [2.75, 3.05) is 20.1 Å². The highest BCUT2D eigenvalue weighted by Crippen LogP contribution is 2.05. The molecule has 92 valence electrons. The van der Waals surface area contributed by atoms with Gasteiger partial charge >= 0.3 is 0 Å². The van der Waals surface area contributed by atoms with E-state index in [-0.39, 0.29) is 14.8 Å². The van der Waals surface area contributed by atoms with Gasteiger partial charge in [0.15, 0.2) is 0 Å². The zero-order valence-corrected chi connectivity index (χ0v) is 9.81. The maximum Gasteiger partial charge on any atom is 0.296 e. The number of likely N-dealkylation sites (tertiary alicyclic amines) is 1. The molecule has 4 heteroatoms. The van der Waals surface area contributed by atoms with Gasteiger partial charge in [0.2, 0.25) is 0 Å². The number of rotatable bonds is 1. The number of hydrogen-bond donors (Lipinski definition) is 1. The van der Waals surface area contributed by atoms with Gasteiger partial charge in [-0.25, -0.2) is 0 Å². The van der Waals surface area contributed by atoms with E-state index in [0.29, 0.717) is 0 Å². The number of nitrogens with zero attached hydrogens (tertiary/aromatic N) is 2. The van der Waals surface area contributed by atoms with Gasteiger partial charge in [-0.3, -0.25) is 9.78 Å². The molecule has 17 heavy (non-hydrogen) atoms. The van der Waals surface area contributed by atoms with E-state index in [1.807, 2.05) is 13.1 Å². The SMILES string of the molecule is CN1CC[C@@H](NC(=O)C#Cc2cccnc2)C1.[HH].[HH]. The molecule has 1 aromatic rings. The van der Waals surface area contributed by atoms with Crippen LogP contribution >= 0.6 is 0 Å². The fraction of sp³-hybridized carbons (Fsp3) is 0.385. The molecule has 1 aliphatic rings. The minimum Gasteiger partial charge on any atom is -0.341 e. The molecular formula is C13H19N3O. The predicted molar refractivity (Wildman–Crippen MR) is 69.4 cm³/mol. The Morgan fingerprint density at radius 1 is 1.71 bits per heavy atom. The van der Waals surface area contributed by atoms with E-state index < -0.39 is 0 Å². The van der Waals surface area contributed by atoms with Crippen LogP contribution < -0.4 is 5.32 Å². The van der Waals surface area contributed by atoms with Gasteiger partial charge in [0, 0.05) is 39.3 Å². The van der Waals surface area contributed by atoms with E-state index in [1.165, 1.54) is 0 Å². The normalized spacial score (nSPS) is 19.5. The highest BCUT2D eigenvalue weighted by atomic mass is 16.1. The molecule has 0 aromatic carbocycles. The van der Waals surface area contributed by atoms with Gasteiger partial charge in [-0.05, 0) is 32.1 Å². The molecule has 1 fully saturated rings. The molecule has 2 heterocycles. The lowest BCUT2D eigenvalue weighted by Gasteiger charge is -2.09. The van der Waals surface area contributed by atoms with Crippen LogP contribution in [0.25, 0.3) is 0 Å². The van der Waals surface area contributed by atoms with Crippen molar-refractivity contribution < 1.29 is 7.65 Å². The third kappa shape index (κ3) is 3.58. The van der Waals surface area contributed by atoms with E-state index in [2.05, 4.69) is 27.0 Å². The quantitative estimate of drug-likeness (QED) is 0.728. The molecule has 2 rings (SSSR count). The first-order valence-electron chi connectivity index (χ1n) is 5.65. The van der Waals surface area contributed by atoms with Crippen LogP contribution in [0.5, 0.6) is 0 Å². The summed E-state index contributed by atoms with van der Waals surface area (Å²) in [5.74, 6) is 5.16. The van der Waals surface area contributed by atoms with E-state index >= 15 is 0 Å². The average molecular weight is 233 g/mol. The number of hydrogen-bond acceptors (Lipinski definition) is 3. The number of carbonyl (C=O) groups excluding carboxylic acids is 1. The summed E-state index contributed by atoms with van der Waals surface area (Å²) in [5.41, 5.74) is 0.756. The first-order valence-corrected chi connectivity index (χ1v) is 5.65. The second kappa shape index (κ2) is 5.46. The second-order valence-corrected chi connectivity index (χ2v) is 4.21. The van der Waals surface area contributed by atoms with Crippen molar-refractivity contribution in [2.45, 2.75) is 12.5 Å². The zero-order valence-electron chi connectivity index (χ0n) is 9.81. The van der Waals surface area contributed by atoms with Crippen LogP contribution in [0.4, 0.5) is 0 Å². The fourth-order valence-electron chi connectivity index (χ4n) is 1.84. The Balaban J connectivity index is 0.00000162. The minimum absolute atomic E-state index is 0. The Morgan fingerprint density at radius 2 is 2.59 bits per heavy atom. The summed E-state index contributed by atoms with van der Waals surface area (Å²) < 4.78 is 0. The molecule has 1 amide bonds. The van der Waals surface area contributed by atoms with Gasteiger partial charge in [0.25, 0.3) is 5.91 Å². The number of amides is 1. The van der Waals surface area contributed by atoms with Gasteiger partial charge in [0.1, 0.15) is 0 Å². The molecule has 0 spiro atoms. The standard InChI is InChI=1S/C13H15N3O.2H2/c1-16-8-6-12(10-16)15-13(17)5-4-11-3-2-7-14-9-11;;/h2-3,7,9,12H,6,8,10H2,1H3,(H,15,17);2*1H/t12-;;/m1../s1. The first-order chi connectivity index (χ1) is 8.24. The van der Waals surface area contributed by atoms with Crippen molar-refractivity contribution in [1.29, 1.82) is 0 Å². The second-order valence-electron chi connectivity index (χ2n) is 4.21. The summed E-state index contributed by atoms with van der Waals surface area (Å²) in [4.78, 5) is 17.7. The molecule has 1 saturated heterocycles. The van der Waals surface area contributed by atoms with Crippen molar-refractivity contribution in [3.63, 3.8) is 0 Å².